The van der Waals surface area contributed by atoms with Crippen LogP contribution >= 0.6 is 0 Å². The Labute approximate surface area is 122 Å². The third-order valence-corrected chi connectivity index (χ3v) is 5.00. The van der Waals surface area contributed by atoms with Gasteiger partial charge in [0, 0.05) is 11.6 Å². The maximum atomic E-state index is 11.5. The molecule has 1 aliphatic heterocycles. The van der Waals surface area contributed by atoms with Crippen LogP contribution in [0.5, 0.6) is 0 Å². The molecule has 1 saturated heterocycles. The van der Waals surface area contributed by atoms with Crippen molar-refractivity contribution in [2.45, 2.75) is 82.8 Å². The molecule has 1 atom stereocenters. The topological polar surface area (TPSA) is 52.6 Å². The molecular weight excluding hydrogens is 252 g/mol. The summed E-state index contributed by atoms with van der Waals surface area (Å²) in [4.78, 5) is 14.0. The van der Waals surface area contributed by atoms with E-state index in [0.29, 0.717) is 11.6 Å². The number of carboxylic acids is 1. The average Bonchev–Trinajstić information content (AvgIpc) is 3.09. The van der Waals surface area contributed by atoms with Crippen molar-refractivity contribution >= 4 is 5.97 Å². The van der Waals surface area contributed by atoms with Gasteiger partial charge in [-0.25, -0.2) is 0 Å². The van der Waals surface area contributed by atoms with Gasteiger partial charge in [0.2, 0.25) is 0 Å². The Morgan fingerprint density at radius 1 is 1.40 bits per heavy atom. The van der Waals surface area contributed by atoms with Crippen LogP contribution in [0.25, 0.3) is 0 Å². The number of hydrogen-bond acceptors (Lipinski definition) is 3. The van der Waals surface area contributed by atoms with E-state index in [-0.39, 0.29) is 0 Å². The van der Waals surface area contributed by atoms with E-state index in [9.17, 15) is 9.90 Å². The van der Waals surface area contributed by atoms with Gasteiger partial charge in [-0.3, -0.25) is 15.0 Å². The number of hydrogen-bond donors (Lipinski definition) is 2. The van der Waals surface area contributed by atoms with Crippen LogP contribution in [0.4, 0.5) is 0 Å². The van der Waals surface area contributed by atoms with Crippen molar-refractivity contribution in [3.63, 3.8) is 0 Å². The lowest BCUT2D eigenvalue weighted by Crippen LogP contribution is -2.50. The number of nitrogens with one attached hydrogen (secondary N) is 1. The molecule has 0 amide bonds. The van der Waals surface area contributed by atoms with Gasteiger partial charge in [0.1, 0.15) is 5.54 Å². The quantitative estimate of drug-likeness (QED) is 0.672. The van der Waals surface area contributed by atoms with Crippen molar-refractivity contribution in [2.24, 2.45) is 0 Å². The van der Waals surface area contributed by atoms with Gasteiger partial charge < -0.3 is 5.11 Å². The van der Waals surface area contributed by atoms with Crippen LogP contribution in [-0.4, -0.2) is 46.2 Å². The second-order valence-electron chi connectivity index (χ2n) is 7.42. The largest absolute Gasteiger partial charge is 0.480 e. The van der Waals surface area contributed by atoms with Crippen molar-refractivity contribution in [3.8, 4) is 0 Å². The van der Waals surface area contributed by atoms with Gasteiger partial charge in [0.05, 0.1) is 0 Å². The maximum Gasteiger partial charge on any atom is 0.323 e. The van der Waals surface area contributed by atoms with E-state index in [1.807, 2.05) is 6.92 Å². The molecule has 0 spiro atoms. The summed E-state index contributed by atoms with van der Waals surface area (Å²) in [6.45, 7) is 8.77. The van der Waals surface area contributed by atoms with Gasteiger partial charge in [0.25, 0.3) is 0 Å². The van der Waals surface area contributed by atoms with Crippen LogP contribution in [0.2, 0.25) is 0 Å². The fourth-order valence-electron chi connectivity index (χ4n) is 3.28. The Balaban J connectivity index is 1.72. The van der Waals surface area contributed by atoms with Crippen LogP contribution in [0.3, 0.4) is 0 Å². The van der Waals surface area contributed by atoms with E-state index < -0.39 is 11.5 Å². The van der Waals surface area contributed by atoms with Crippen LogP contribution in [0.1, 0.15) is 65.7 Å². The number of rotatable bonds is 8. The number of likely N-dealkylation sites (tertiary alicyclic amines) is 1. The summed E-state index contributed by atoms with van der Waals surface area (Å²) in [6.07, 6.45) is 7.64. The normalized spacial score (nSPS) is 25.6. The zero-order valence-electron chi connectivity index (χ0n) is 13.2. The van der Waals surface area contributed by atoms with Crippen molar-refractivity contribution in [1.29, 1.82) is 0 Å². The second-order valence-corrected chi connectivity index (χ2v) is 7.42. The summed E-state index contributed by atoms with van der Waals surface area (Å²) in [5.74, 6) is -0.703. The SMILES string of the molecule is CC(CCCCN1CCCC1(C)C)(NC1CC1)C(=O)O. The highest BCUT2D eigenvalue weighted by molar-refractivity contribution is 5.78. The van der Waals surface area contributed by atoms with Crippen LogP contribution in [-0.2, 0) is 4.79 Å². The van der Waals surface area contributed by atoms with E-state index in [0.717, 1.165) is 38.6 Å². The Morgan fingerprint density at radius 3 is 2.60 bits per heavy atom. The second kappa shape index (κ2) is 6.02. The first-order valence-corrected chi connectivity index (χ1v) is 8.10. The van der Waals surface area contributed by atoms with Gasteiger partial charge in [-0.2, -0.15) is 0 Å². The van der Waals surface area contributed by atoms with Crippen LogP contribution in [0, 0.1) is 0 Å². The van der Waals surface area contributed by atoms with Gasteiger partial charge >= 0.3 is 5.97 Å². The summed E-state index contributed by atoms with van der Waals surface area (Å²) in [7, 11) is 0. The number of nitrogens with zero attached hydrogens (tertiary/aromatic N) is 1. The molecule has 1 heterocycles. The number of carboxylic acid groups (broad SMARTS) is 1. The number of carbonyl (C=O) groups is 1. The van der Waals surface area contributed by atoms with Crippen molar-refractivity contribution in [3.05, 3.63) is 0 Å². The molecule has 2 N–H and O–H groups in total. The summed E-state index contributed by atoms with van der Waals surface area (Å²) >= 11 is 0. The lowest BCUT2D eigenvalue weighted by molar-refractivity contribution is -0.144. The van der Waals surface area contributed by atoms with Gasteiger partial charge in [-0.05, 0) is 78.8 Å². The highest BCUT2D eigenvalue weighted by Crippen LogP contribution is 2.29. The molecule has 4 nitrogen and oxygen atoms in total. The molecule has 2 aliphatic rings. The van der Waals surface area contributed by atoms with Crippen molar-refractivity contribution < 1.29 is 9.90 Å². The van der Waals surface area contributed by atoms with E-state index in [2.05, 4.69) is 24.1 Å². The molecule has 116 valence electrons. The fourth-order valence-corrected chi connectivity index (χ4v) is 3.28. The molecule has 1 unspecified atom stereocenters. The Kier molecular flexibility index (Phi) is 4.75. The molecule has 1 aliphatic carbocycles. The molecule has 0 aromatic carbocycles. The fraction of sp³-hybridized carbons (Fsp3) is 0.938. The number of aliphatic carboxylic acids is 1. The smallest absolute Gasteiger partial charge is 0.323 e. The lowest BCUT2D eigenvalue weighted by atomic mass is 9.94. The Bertz CT molecular complexity index is 352. The Morgan fingerprint density at radius 2 is 2.10 bits per heavy atom. The molecule has 2 rings (SSSR count). The van der Waals surface area contributed by atoms with Gasteiger partial charge in [-0.15, -0.1) is 0 Å². The highest BCUT2D eigenvalue weighted by Gasteiger charge is 2.38. The average molecular weight is 282 g/mol. The molecule has 20 heavy (non-hydrogen) atoms. The van der Waals surface area contributed by atoms with Crippen molar-refractivity contribution in [1.82, 2.24) is 10.2 Å². The predicted octanol–water partition coefficient (Wildman–Crippen LogP) is 2.63. The molecular formula is C16H30N2O2. The summed E-state index contributed by atoms with van der Waals surface area (Å²) in [6, 6.07) is 0.439. The monoisotopic (exact) mass is 282 g/mol. The maximum absolute atomic E-state index is 11.5. The van der Waals surface area contributed by atoms with Gasteiger partial charge in [0.15, 0.2) is 0 Å². The minimum Gasteiger partial charge on any atom is -0.480 e. The first-order valence-electron chi connectivity index (χ1n) is 8.10. The van der Waals surface area contributed by atoms with E-state index in [1.165, 1.54) is 19.4 Å². The zero-order chi connectivity index (χ0) is 14.8. The highest BCUT2D eigenvalue weighted by atomic mass is 16.4. The van der Waals surface area contributed by atoms with E-state index in [4.69, 9.17) is 0 Å². The van der Waals surface area contributed by atoms with Crippen molar-refractivity contribution in [2.75, 3.05) is 13.1 Å². The summed E-state index contributed by atoms with van der Waals surface area (Å²) in [5, 5.41) is 12.7. The van der Waals surface area contributed by atoms with Crippen LogP contribution < -0.4 is 5.32 Å². The van der Waals surface area contributed by atoms with E-state index in [1.54, 1.807) is 0 Å². The molecule has 0 aromatic heterocycles. The summed E-state index contributed by atoms with van der Waals surface area (Å²) in [5.41, 5.74) is -0.399. The molecule has 0 aromatic rings. The first-order chi connectivity index (χ1) is 9.33. The first kappa shape index (κ1) is 15.8. The summed E-state index contributed by atoms with van der Waals surface area (Å²) < 4.78 is 0. The van der Waals surface area contributed by atoms with Gasteiger partial charge in [-0.1, -0.05) is 0 Å². The third-order valence-electron chi connectivity index (χ3n) is 5.00. The molecule has 0 bridgehead atoms. The minimum atomic E-state index is -0.734. The Hall–Kier alpha value is -0.610. The molecule has 2 fully saturated rings. The predicted molar refractivity (Wildman–Crippen MR) is 80.9 cm³/mol. The number of unbranched alkanes of at least 4 members (excludes halogenated alkanes) is 1. The third kappa shape index (κ3) is 3.95. The lowest BCUT2D eigenvalue weighted by Gasteiger charge is -2.32. The molecule has 0 radical (unpaired) electrons. The van der Waals surface area contributed by atoms with E-state index >= 15 is 0 Å². The van der Waals surface area contributed by atoms with Crippen LogP contribution in [0.15, 0.2) is 0 Å². The molecule has 1 saturated carbocycles. The molecule has 4 heteroatoms. The standard InChI is InChI=1S/C16H30N2O2/c1-15(2)9-6-12-18(15)11-5-4-10-16(3,14(19)20)17-13-7-8-13/h13,17H,4-12H2,1-3H3,(H,19,20). The minimum absolute atomic E-state index is 0.336. The zero-order valence-corrected chi connectivity index (χ0v) is 13.2.